The van der Waals surface area contributed by atoms with Crippen LogP contribution in [-0.4, -0.2) is 9.97 Å². The van der Waals surface area contributed by atoms with Crippen LogP contribution in [0.4, 0.5) is 4.39 Å². The number of rotatable bonds is 1. The van der Waals surface area contributed by atoms with Crippen molar-refractivity contribution < 1.29 is 4.39 Å². The monoisotopic (exact) mass is 360 g/mol. The zero-order valence-corrected chi connectivity index (χ0v) is 13.2. The Morgan fingerprint density at radius 1 is 0.952 bits per heavy atom. The molecular formula is C14H5Cl4FN2. The molecule has 3 rings (SSSR count). The van der Waals surface area contributed by atoms with E-state index in [0.29, 0.717) is 26.5 Å². The number of halogens is 5. The van der Waals surface area contributed by atoms with Crippen LogP contribution in [0, 0.1) is 5.82 Å². The molecule has 21 heavy (non-hydrogen) atoms. The van der Waals surface area contributed by atoms with Crippen molar-refractivity contribution >= 4 is 57.3 Å². The van der Waals surface area contributed by atoms with Crippen molar-refractivity contribution in [3.63, 3.8) is 0 Å². The molecule has 0 atom stereocenters. The molecule has 1 heterocycles. The summed E-state index contributed by atoms with van der Waals surface area (Å²) in [6.07, 6.45) is 0. The molecule has 0 amide bonds. The second-order valence-electron chi connectivity index (χ2n) is 4.22. The summed E-state index contributed by atoms with van der Waals surface area (Å²) in [5.74, 6) is -0.364. The molecule has 2 nitrogen and oxygen atoms in total. The number of hydrogen-bond acceptors (Lipinski definition) is 2. The van der Waals surface area contributed by atoms with Crippen LogP contribution in [0.25, 0.3) is 22.3 Å². The number of hydrogen-bond donors (Lipinski definition) is 0. The van der Waals surface area contributed by atoms with E-state index in [9.17, 15) is 4.39 Å². The molecular weight excluding hydrogens is 357 g/mol. The molecule has 0 radical (unpaired) electrons. The Labute approximate surface area is 139 Å². The number of benzene rings is 2. The Hall–Kier alpha value is -1.13. The summed E-state index contributed by atoms with van der Waals surface area (Å²) in [6.45, 7) is 0. The van der Waals surface area contributed by atoms with Crippen molar-refractivity contribution in [1.82, 2.24) is 9.97 Å². The third kappa shape index (κ3) is 2.67. The molecule has 3 aromatic rings. The Morgan fingerprint density at radius 2 is 1.71 bits per heavy atom. The molecule has 0 aliphatic rings. The van der Waals surface area contributed by atoms with Gasteiger partial charge in [-0.05, 0) is 24.3 Å². The van der Waals surface area contributed by atoms with E-state index >= 15 is 0 Å². The van der Waals surface area contributed by atoms with Crippen molar-refractivity contribution in [3.8, 4) is 11.4 Å². The average molecular weight is 362 g/mol. The van der Waals surface area contributed by atoms with Gasteiger partial charge in [-0.1, -0.05) is 52.5 Å². The van der Waals surface area contributed by atoms with Crippen molar-refractivity contribution in [2.75, 3.05) is 0 Å². The first-order chi connectivity index (χ1) is 9.97. The second-order valence-corrected chi connectivity index (χ2v) is 5.80. The van der Waals surface area contributed by atoms with Gasteiger partial charge in [-0.3, -0.25) is 0 Å². The summed E-state index contributed by atoms with van der Waals surface area (Å²) in [4.78, 5) is 8.45. The largest absolute Gasteiger partial charge is 0.226 e. The number of fused-ring (bicyclic) bond motifs is 1. The van der Waals surface area contributed by atoms with E-state index < -0.39 is 5.82 Å². The Kier molecular flexibility index (Phi) is 3.93. The second kappa shape index (κ2) is 5.58. The molecule has 1 aromatic heterocycles. The third-order valence-corrected chi connectivity index (χ3v) is 4.04. The van der Waals surface area contributed by atoms with Crippen LogP contribution < -0.4 is 0 Å². The predicted octanol–water partition coefficient (Wildman–Crippen LogP) is 6.05. The van der Waals surface area contributed by atoms with E-state index in [1.54, 1.807) is 18.2 Å². The van der Waals surface area contributed by atoms with Gasteiger partial charge in [0.25, 0.3) is 0 Å². The minimum absolute atomic E-state index is 0.0713. The zero-order chi connectivity index (χ0) is 15.1. The van der Waals surface area contributed by atoms with Crippen LogP contribution in [-0.2, 0) is 0 Å². The minimum atomic E-state index is -0.559. The van der Waals surface area contributed by atoms with Crippen molar-refractivity contribution in [2.45, 2.75) is 0 Å². The van der Waals surface area contributed by atoms with Crippen LogP contribution in [0.1, 0.15) is 0 Å². The molecule has 106 valence electrons. The maximum Gasteiger partial charge on any atom is 0.163 e. The Morgan fingerprint density at radius 3 is 2.48 bits per heavy atom. The van der Waals surface area contributed by atoms with E-state index in [0.717, 1.165) is 0 Å². The normalized spacial score (nSPS) is 11.1. The molecule has 0 saturated heterocycles. The Balaban J connectivity index is 2.33. The highest BCUT2D eigenvalue weighted by Crippen LogP contribution is 2.34. The standard InChI is InChI=1S/C14H5Cl4FN2/c15-6-4-8-12(9(16)5-6)20-14(21-13(8)18)7-2-1-3-10(19)11(7)17/h1-5H. The quantitative estimate of drug-likeness (QED) is 0.493. The van der Waals surface area contributed by atoms with Gasteiger partial charge in [0.1, 0.15) is 11.0 Å². The first-order valence-electron chi connectivity index (χ1n) is 5.74. The summed E-state index contributed by atoms with van der Waals surface area (Å²) in [5.41, 5.74) is 0.767. The highest BCUT2D eigenvalue weighted by molar-refractivity contribution is 6.41. The van der Waals surface area contributed by atoms with E-state index in [-0.39, 0.29) is 16.0 Å². The molecule has 0 saturated carbocycles. The fraction of sp³-hybridized carbons (Fsp3) is 0. The first-order valence-corrected chi connectivity index (χ1v) is 7.25. The molecule has 7 heteroatoms. The molecule has 0 aliphatic heterocycles. The molecule has 0 unspecified atom stereocenters. The highest BCUT2D eigenvalue weighted by Gasteiger charge is 2.15. The van der Waals surface area contributed by atoms with Gasteiger partial charge in [0.15, 0.2) is 5.82 Å². The molecule has 0 N–H and O–H groups in total. The van der Waals surface area contributed by atoms with E-state index in [1.807, 2.05) is 0 Å². The summed E-state index contributed by atoms with van der Waals surface area (Å²) in [5, 5.41) is 1.37. The number of nitrogens with zero attached hydrogens (tertiary/aromatic N) is 2. The van der Waals surface area contributed by atoms with Crippen LogP contribution >= 0.6 is 46.4 Å². The highest BCUT2D eigenvalue weighted by atomic mass is 35.5. The molecule has 0 fully saturated rings. The van der Waals surface area contributed by atoms with Gasteiger partial charge in [0.2, 0.25) is 0 Å². The van der Waals surface area contributed by atoms with Gasteiger partial charge in [-0.15, -0.1) is 0 Å². The lowest BCUT2D eigenvalue weighted by Crippen LogP contribution is -1.94. The average Bonchev–Trinajstić information content (AvgIpc) is 2.43. The van der Waals surface area contributed by atoms with E-state index in [2.05, 4.69) is 9.97 Å². The number of aromatic nitrogens is 2. The maximum atomic E-state index is 13.5. The van der Waals surface area contributed by atoms with Gasteiger partial charge < -0.3 is 0 Å². The molecule has 0 aliphatic carbocycles. The van der Waals surface area contributed by atoms with E-state index in [1.165, 1.54) is 12.1 Å². The van der Waals surface area contributed by atoms with Crippen molar-refractivity contribution in [2.24, 2.45) is 0 Å². The summed E-state index contributed by atoms with van der Waals surface area (Å²) in [6, 6.07) is 7.53. The van der Waals surface area contributed by atoms with Crippen LogP contribution in [0.15, 0.2) is 30.3 Å². The summed E-state index contributed by atoms with van der Waals surface area (Å²) < 4.78 is 13.5. The lowest BCUT2D eigenvalue weighted by atomic mass is 10.2. The molecule has 0 spiro atoms. The zero-order valence-electron chi connectivity index (χ0n) is 10.2. The topological polar surface area (TPSA) is 25.8 Å². The lowest BCUT2D eigenvalue weighted by Gasteiger charge is -2.08. The SMILES string of the molecule is Fc1cccc(-c2nc(Cl)c3cc(Cl)cc(Cl)c3n2)c1Cl. The smallest absolute Gasteiger partial charge is 0.163 e. The fourth-order valence-electron chi connectivity index (χ4n) is 1.92. The van der Waals surface area contributed by atoms with Crippen molar-refractivity contribution in [1.29, 1.82) is 0 Å². The van der Waals surface area contributed by atoms with Crippen molar-refractivity contribution in [3.05, 3.63) is 56.4 Å². The predicted molar refractivity (Wildman–Crippen MR) is 85.0 cm³/mol. The summed E-state index contributed by atoms with van der Waals surface area (Å²) in [7, 11) is 0. The van der Waals surface area contributed by atoms with Crippen LogP contribution in [0.2, 0.25) is 20.2 Å². The van der Waals surface area contributed by atoms with Gasteiger partial charge in [-0.2, -0.15) is 0 Å². The van der Waals surface area contributed by atoms with Crippen LogP contribution in [0.3, 0.4) is 0 Å². The summed E-state index contributed by atoms with van der Waals surface area (Å²) >= 11 is 24.1. The van der Waals surface area contributed by atoms with Gasteiger partial charge in [0, 0.05) is 16.0 Å². The minimum Gasteiger partial charge on any atom is -0.226 e. The van der Waals surface area contributed by atoms with Crippen LogP contribution in [0.5, 0.6) is 0 Å². The fourth-order valence-corrected chi connectivity index (χ4v) is 2.89. The van der Waals surface area contributed by atoms with Gasteiger partial charge in [-0.25, -0.2) is 14.4 Å². The third-order valence-electron chi connectivity index (χ3n) is 2.86. The Bertz CT molecular complexity index is 867. The van der Waals surface area contributed by atoms with E-state index in [4.69, 9.17) is 46.4 Å². The lowest BCUT2D eigenvalue weighted by molar-refractivity contribution is 0.628. The van der Waals surface area contributed by atoms with Gasteiger partial charge in [0.05, 0.1) is 15.6 Å². The molecule has 2 aromatic carbocycles. The maximum absolute atomic E-state index is 13.5. The first kappa shape index (κ1) is 14.8. The van der Waals surface area contributed by atoms with Gasteiger partial charge >= 0.3 is 0 Å². The molecule has 0 bridgehead atoms.